The van der Waals surface area contributed by atoms with Gasteiger partial charge in [0, 0.05) is 69.5 Å². The Bertz CT molecular complexity index is 1300. The van der Waals surface area contributed by atoms with Gasteiger partial charge in [-0.3, -0.25) is 14.6 Å². The second-order valence-electron chi connectivity index (χ2n) is 11.4. The van der Waals surface area contributed by atoms with Gasteiger partial charge in [0.1, 0.15) is 5.82 Å². The molecule has 0 aromatic heterocycles. The van der Waals surface area contributed by atoms with Crippen molar-refractivity contribution in [2.75, 3.05) is 52.9 Å². The standard InChI is InChI=1S/C33H42FN5O/c1-25-22-39(15-12-35-25)24-27-6-3-8-29(18-27)31-20-26(10-11-32(31)34)21-36-33(40)30-9-4-7-28(19-30)23-38-14-5-13-37(2)16-17-38/h3-4,6-11,18-20,25,35H,5,12-17,21-24H2,1-2H3,(H,36,40)/t25-/m0/s1. The zero-order chi connectivity index (χ0) is 27.9. The summed E-state index contributed by atoms with van der Waals surface area (Å²) in [5.41, 5.74) is 5.27. The Morgan fingerprint density at radius 2 is 1.70 bits per heavy atom. The fraction of sp³-hybridized carbons (Fsp3) is 0.424. The summed E-state index contributed by atoms with van der Waals surface area (Å²) in [6.07, 6.45) is 1.16. The van der Waals surface area contributed by atoms with Gasteiger partial charge in [-0.05, 0) is 86.1 Å². The molecule has 2 heterocycles. The van der Waals surface area contributed by atoms with E-state index < -0.39 is 0 Å². The molecule has 0 saturated carbocycles. The van der Waals surface area contributed by atoms with Crippen LogP contribution in [-0.2, 0) is 19.6 Å². The first-order chi connectivity index (χ1) is 19.4. The number of piperazine rings is 1. The summed E-state index contributed by atoms with van der Waals surface area (Å²) in [7, 11) is 2.17. The minimum absolute atomic E-state index is 0.115. The minimum atomic E-state index is -0.254. The zero-order valence-corrected chi connectivity index (χ0v) is 23.8. The van der Waals surface area contributed by atoms with Crippen LogP contribution in [-0.4, -0.2) is 79.5 Å². The van der Waals surface area contributed by atoms with Crippen LogP contribution in [0.3, 0.4) is 0 Å². The molecule has 40 heavy (non-hydrogen) atoms. The van der Waals surface area contributed by atoms with Crippen LogP contribution < -0.4 is 10.6 Å². The smallest absolute Gasteiger partial charge is 0.251 e. The van der Waals surface area contributed by atoms with Crippen molar-refractivity contribution in [3.63, 3.8) is 0 Å². The fourth-order valence-corrected chi connectivity index (χ4v) is 5.77. The third kappa shape index (κ3) is 7.76. The van der Waals surface area contributed by atoms with Crippen LogP contribution in [0, 0.1) is 5.82 Å². The van der Waals surface area contributed by atoms with Gasteiger partial charge < -0.3 is 15.5 Å². The molecule has 3 aromatic carbocycles. The van der Waals surface area contributed by atoms with E-state index in [1.807, 2.05) is 36.4 Å². The van der Waals surface area contributed by atoms with Crippen LogP contribution in [0.4, 0.5) is 4.39 Å². The van der Waals surface area contributed by atoms with E-state index in [9.17, 15) is 9.18 Å². The fourth-order valence-electron chi connectivity index (χ4n) is 5.77. The molecule has 0 radical (unpaired) electrons. The highest BCUT2D eigenvalue weighted by Gasteiger charge is 2.17. The molecular formula is C33H42FN5O. The van der Waals surface area contributed by atoms with E-state index >= 15 is 0 Å². The van der Waals surface area contributed by atoms with E-state index in [0.29, 0.717) is 23.7 Å². The maximum absolute atomic E-state index is 14.9. The second kappa shape index (κ2) is 13.5. The Balaban J connectivity index is 1.21. The lowest BCUT2D eigenvalue weighted by molar-refractivity contribution is 0.0950. The number of nitrogens with one attached hydrogen (secondary N) is 2. The van der Waals surface area contributed by atoms with Crippen molar-refractivity contribution in [2.24, 2.45) is 0 Å². The monoisotopic (exact) mass is 543 g/mol. The summed E-state index contributed by atoms with van der Waals surface area (Å²) in [5, 5.41) is 6.51. The summed E-state index contributed by atoms with van der Waals surface area (Å²) in [6, 6.07) is 21.6. The molecule has 2 fully saturated rings. The second-order valence-corrected chi connectivity index (χ2v) is 11.4. The zero-order valence-electron chi connectivity index (χ0n) is 23.8. The van der Waals surface area contributed by atoms with E-state index in [1.54, 1.807) is 6.07 Å². The van der Waals surface area contributed by atoms with Gasteiger partial charge in [-0.25, -0.2) is 4.39 Å². The average Bonchev–Trinajstić information content (AvgIpc) is 3.16. The van der Waals surface area contributed by atoms with Crippen LogP contribution in [0.5, 0.6) is 0 Å². The maximum Gasteiger partial charge on any atom is 0.251 e. The van der Waals surface area contributed by atoms with E-state index in [2.05, 4.69) is 57.5 Å². The van der Waals surface area contributed by atoms with E-state index in [-0.39, 0.29) is 11.7 Å². The van der Waals surface area contributed by atoms with Crippen LogP contribution in [0.1, 0.15) is 40.4 Å². The highest BCUT2D eigenvalue weighted by atomic mass is 19.1. The quantitative estimate of drug-likeness (QED) is 0.443. The molecule has 6 nitrogen and oxygen atoms in total. The van der Waals surface area contributed by atoms with Gasteiger partial charge in [0.05, 0.1) is 0 Å². The summed E-state index contributed by atoms with van der Waals surface area (Å²) >= 11 is 0. The van der Waals surface area contributed by atoms with Crippen LogP contribution in [0.15, 0.2) is 66.7 Å². The van der Waals surface area contributed by atoms with Crippen molar-refractivity contribution in [3.05, 3.63) is 94.8 Å². The predicted molar refractivity (Wildman–Crippen MR) is 160 cm³/mol. The number of hydrogen-bond donors (Lipinski definition) is 2. The Kier molecular flexibility index (Phi) is 9.60. The third-order valence-electron chi connectivity index (χ3n) is 7.99. The highest BCUT2D eigenvalue weighted by molar-refractivity contribution is 5.94. The minimum Gasteiger partial charge on any atom is -0.348 e. The lowest BCUT2D eigenvalue weighted by Crippen LogP contribution is -2.48. The third-order valence-corrected chi connectivity index (χ3v) is 7.99. The molecule has 212 valence electrons. The van der Waals surface area contributed by atoms with Gasteiger partial charge >= 0.3 is 0 Å². The number of amides is 1. The van der Waals surface area contributed by atoms with Crippen LogP contribution >= 0.6 is 0 Å². The average molecular weight is 544 g/mol. The van der Waals surface area contributed by atoms with Gasteiger partial charge in [-0.1, -0.05) is 36.4 Å². The number of hydrogen-bond acceptors (Lipinski definition) is 5. The normalized spacial score (nSPS) is 19.3. The van der Waals surface area contributed by atoms with Crippen molar-refractivity contribution >= 4 is 5.91 Å². The van der Waals surface area contributed by atoms with E-state index in [4.69, 9.17) is 0 Å². The molecule has 1 amide bonds. The van der Waals surface area contributed by atoms with Crippen LogP contribution in [0.25, 0.3) is 11.1 Å². The summed E-state index contributed by atoms with van der Waals surface area (Å²) < 4.78 is 14.9. The molecular weight excluding hydrogens is 501 g/mol. The Hall–Kier alpha value is -3.10. The number of halogens is 1. The molecule has 0 spiro atoms. The van der Waals surface area contributed by atoms with Crippen molar-refractivity contribution in [1.82, 2.24) is 25.3 Å². The molecule has 3 aromatic rings. The first-order valence-electron chi connectivity index (χ1n) is 14.5. The Morgan fingerprint density at radius 3 is 2.55 bits per heavy atom. The van der Waals surface area contributed by atoms with E-state index in [1.165, 1.54) is 11.6 Å². The molecule has 2 aliphatic heterocycles. The molecule has 2 N–H and O–H groups in total. The SMILES string of the molecule is C[C@H]1CN(Cc2cccc(-c3cc(CNC(=O)c4cccc(CN5CCCN(C)CC5)c4)ccc3F)c2)CCN1. The number of likely N-dealkylation sites (N-methyl/N-ethyl adjacent to an activating group) is 1. The molecule has 0 unspecified atom stereocenters. The van der Waals surface area contributed by atoms with Gasteiger partial charge in [0.15, 0.2) is 0 Å². The molecule has 2 saturated heterocycles. The van der Waals surface area contributed by atoms with E-state index in [0.717, 1.165) is 82.0 Å². The molecule has 0 bridgehead atoms. The highest BCUT2D eigenvalue weighted by Crippen LogP contribution is 2.26. The van der Waals surface area contributed by atoms with Crippen LogP contribution in [0.2, 0.25) is 0 Å². The largest absolute Gasteiger partial charge is 0.348 e. The van der Waals surface area contributed by atoms with Crippen molar-refractivity contribution in [3.8, 4) is 11.1 Å². The summed E-state index contributed by atoms with van der Waals surface area (Å²) in [6.45, 7) is 11.6. The van der Waals surface area contributed by atoms with Crippen molar-refractivity contribution in [1.29, 1.82) is 0 Å². The lowest BCUT2D eigenvalue weighted by atomic mass is 10.00. The van der Waals surface area contributed by atoms with Gasteiger partial charge in [-0.15, -0.1) is 0 Å². The lowest BCUT2D eigenvalue weighted by Gasteiger charge is -2.31. The number of nitrogens with zero attached hydrogens (tertiary/aromatic N) is 3. The summed E-state index contributed by atoms with van der Waals surface area (Å²) in [4.78, 5) is 20.3. The first-order valence-corrected chi connectivity index (χ1v) is 14.5. The van der Waals surface area contributed by atoms with Gasteiger partial charge in [0.2, 0.25) is 0 Å². The molecule has 2 aliphatic rings. The molecule has 5 rings (SSSR count). The molecule has 7 heteroatoms. The maximum atomic E-state index is 14.9. The summed E-state index contributed by atoms with van der Waals surface area (Å²) in [5.74, 6) is -0.369. The predicted octanol–water partition coefficient (Wildman–Crippen LogP) is 4.35. The topological polar surface area (TPSA) is 50.9 Å². The number of carbonyl (C=O) groups excluding carboxylic acids is 1. The number of rotatable bonds is 8. The molecule has 0 aliphatic carbocycles. The first kappa shape index (κ1) is 28.4. The Labute approximate surface area is 238 Å². The molecule has 1 atom stereocenters. The van der Waals surface area contributed by atoms with Gasteiger partial charge in [0.25, 0.3) is 5.91 Å². The van der Waals surface area contributed by atoms with Gasteiger partial charge in [-0.2, -0.15) is 0 Å². The Morgan fingerprint density at radius 1 is 0.900 bits per heavy atom. The number of carbonyl (C=O) groups is 1. The van der Waals surface area contributed by atoms with Crippen molar-refractivity contribution in [2.45, 2.75) is 39.0 Å². The number of benzene rings is 3. The van der Waals surface area contributed by atoms with Crippen molar-refractivity contribution < 1.29 is 9.18 Å².